The molecule has 2 aliphatic heterocycles. The molecule has 2 aliphatic rings. The van der Waals surface area contributed by atoms with Gasteiger partial charge in [0.25, 0.3) is 0 Å². The van der Waals surface area contributed by atoms with E-state index in [9.17, 15) is 0 Å². The maximum Gasteiger partial charge on any atom is 0.0988 e. The molecule has 0 aliphatic carbocycles. The zero-order valence-corrected chi connectivity index (χ0v) is 10.7. The fraction of sp³-hybridized carbons (Fsp3) is 0.889. The smallest absolute Gasteiger partial charge is 0.0988 e. The van der Waals surface area contributed by atoms with Crippen molar-refractivity contribution in [2.75, 3.05) is 19.6 Å². The van der Waals surface area contributed by atoms with Crippen molar-refractivity contribution in [2.45, 2.75) is 32.1 Å². The van der Waals surface area contributed by atoms with Gasteiger partial charge >= 0.3 is 0 Å². The number of aliphatic imine (C=N–C) groups is 1. The van der Waals surface area contributed by atoms with Crippen molar-refractivity contribution < 1.29 is 19.5 Å². The van der Waals surface area contributed by atoms with E-state index < -0.39 is 0 Å². The molecule has 1 saturated heterocycles. The third kappa shape index (κ3) is 2.29. The van der Waals surface area contributed by atoms with Crippen LogP contribution in [0.1, 0.15) is 32.1 Å². The van der Waals surface area contributed by atoms with E-state index >= 15 is 0 Å². The predicted molar refractivity (Wildman–Crippen MR) is 47.0 cm³/mol. The number of hydrogen-bond donors (Lipinski definition) is 0. The van der Waals surface area contributed by atoms with Crippen LogP contribution >= 0.6 is 0 Å². The summed E-state index contributed by atoms with van der Waals surface area (Å²) in [7, 11) is 0. The van der Waals surface area contributed by atoms with Crippen molar-refractivity contribution in [3.8, 4) is 0 Å². The first kappa shape index (κ1) is 10.2. The fourth-order valence-electron chi connectivity index (χ4n) is 1.94. The molecule has 0 aromatic carbocycles. The molecule has 3 heteroatoms. The quantitative estimate of drug-likeness (QED) is 0.564. The van der Waals surface area contributed by atoms with Gasteiger partial charge in [0.1, 0.15) is 0 Å². The molecule has 12 heavy (non-hydrogen) atoms. The van der Waals surface area contributed by atoms with E-state index in [1.807, 2.05) is 0 Å². The summed E-state index contributed by atoms with van der Waals surface area (Å²) >= 11 is 0. The molecule has 0 radical (unpaired) electrons. The Morgan fingerprint density at radius 1 is 1.00 bits per heavy atom. The van der Waals surface area contributed by atoms with E-state index in [1.54, 1.807) is 0 Å². The van der Waals surface area contributed by atoms with Crippen molar-refractivity contribution in [1.29, 1.82) is 0 Å². The third-order valence-electron chi connectivity index (χ3n) is 2.57. The zero-order valence-electron chi connectivity index (χ0n) is 7.76. The van der Waals surface area contributed by atoms with Crippen LogP contribution in [0.15, 0.2) is 4.99 Å². The van der Waals surface area contributed by atoms with Gasteiger partial charge in [-0.05, 0) is 19.3 Å². The summed E-state index contributed by atoms with van der Waals surface area (Å²) in [4.78, 5) is 7.04. The van der Waals surface area contributed by atoms with Crippen molar-refractivity contribution in [3.63, 3.8) is 0 Å². The van der Waals surface area contributed by atoms with Gasteiger partial charge in [0.05, 0.1) is 5.84 Å². The second kappa shape index (κ2) is 4.96. The minimum Gasteiger partial charge on any atom is -0.360 e. The van der Waals surface area contributed by atoms with Gasteiger partial charge in [-0.25, -0.2) is 0 Å². The van der Waals surface area contributed by atoms with Crippen LogP contribution in [0.4, 0.5) is 0 Å². The molecule has 64 valence electrons. The summed E-state index contributed by atoms with van der Waals surface area (Å²) in [5.74, 6) is 1.40. The van der Waals surface area contributed by atoms with Crippen molar-refractivity contribution >= 4 is 5.84 Å². The molecule has 0 bridgehead atoms. The Kier molecular flexibility index (Phi) is 4.21. The van der Waals surface area contributed by atoms with E-state index in [0.717, 1.165) is 6.54 Å². The van der Waals surface area contributed by atoms with Gasteiger partial charge in [-0.15, -0.1) is 0 Å². The first-order chi connectivity index (χ1) is 5.47. The molecule has 0 amide bonds. The Morgan fingerprint density at radius 3 is 2.75 bits per heavy atom. The largest absolute Gasteiger partial charge is 0.360 e. The van der Waals surface area contributed by atoms with E-state index in [1.165, 1.54) is 51.0 Å². The normalized spacial score (nSPS) is 23.3. The Labute approximate surface area is 87.2 Å². The first-order valence-corrected chi connectivity index (χ1v) is 4.75. The average Bonchev–Trinajstić information content (AvgIpc) is 2.28. The molecule has 2 nitrogen and oxygen atoms in total. The van der Waals surface area contributed by atoms with Crippen LogP contribution in [-0.4, -0.2) is 30.4 Å². The van der Waals surface area contributed by atoms with Gasteiger partial charge in [-0.1, -0.05) is 6.42 Å². The molecule has 0 spiro atoms. The van der Waals surface area contributed by atoms with Crippen molar-refractivity contribution in [2.24, 2.45) is 4.99 Å². The molecule has 0 aromatic rings. The molecular formula is C9H16N2Zn. The third-order valence-corrected chi connectivity index (χ3v) is 2.57. The summed E-state index contributed by atoms with van der Waals surface area (Å²) in [6, 6.07) is 0. The molecule has 2 rings (SSSR count). The molecule has 0 atom stereocenters. The van der Waals surface area contributed by atoms with Crippen molar-refractivity contribution in [1.82, 2.24) is 4.90 Å². The van der Waals surface area contributed by atoms with E-state index in [-0.39, 0.29) is 19.5 Å². The maximum atomic E-state index is 4.55. The SMILES string of the molecule is C1CCC2=NCCCN2CC1.[Zn]. The minimum atomic E-state index is 0. The predicted octanol–water partition coefficient (Wildman–Crippen LogP) is 1.66. The Bertz CT molecular complexity index is 168. The Hall–Kier alpha value is 0.0934. The van der Waals surface area contributed by atoms with Gasteiger partial charge in [0, 0.05) is 45.5 Å². The van der Waals surface area contributed by atoms with Gasteiger partial charge < -0.3 is 4.90 Å². The summed E-state index contributed by atoms with van der Waals surface area (Å²) in [6.07, 6.45) is 6.63. The van der Waals surface area contributed by atoms with Gasteiger partial charge in [-0.2, -0.15) is 0 Å². The summed E-state index contributed by atoms with van der Waals surface area (Å²) in [6.45, 7) is 3.60. The second-order valence-corrected chi connectivity index (χ2v) is 3.45. The summed E-state index contributed by atoms with van der Waals surface area (Å²) in [5, 5.41) is 0. The van der Waals surface area contributed by atoms with Crippen LogP contribution in [0.2, 0.25) is 0 Å². The monoisotopic (exact) mass is 216 g/mol. The van der Waals surface area contributed by atoms with Gasteiger partial charge in [-0.3, -0.25) is 4.99 Å². The molecule has 0 unspecified atom stereocenters. The van der Waals surface area contributed by atoms with Crippen LogP contribution in [-0.2, 0) is 19.5 Å². The molecule has 1 fully saturated rings. The Balaban J connectivity index is 0.000000720. The van der Waals surface area contributed by atoms with E-state index in [4.69, 9.17) is 0 Å². The molecule has 0 aromatic heterocycles. The number of rotatable bonds is 0. The van der Waals surface area contributed by atoms with Crippen molar-refractivity contribution in [3.05, 3.63) is 0 Å². The molecule has 0 saturated carbocycles. The fourth-order valence-corrected chi connectivity index (χ4v) is 1.94. The number of fused-ring (bicyclic) bond motifs is 1. The topological polar surface area (TPSA) is 15.6 Å². The van der Waals surface area contributed by atoms with Crippen LogP contribution in [0.3, 0.4) is 0 Å². The number of amidine groups is 1. The average molecular weight is 218 g/mol. The molecule has 2 heterocycles. The van der Waals surface area contributed by atoms with Gasteiger partial charge in [0.15, 0.2) is 0 Å². The van der Waals surface area contributed by atoms with E-state index in [2.05, 4.69) is 9.89 Å². The minimum absolute atomic E-state index is 0. The van der Waals surface area contributed by atoms with Crippen LogP contribution < -0.4 is 0 Å². The number of hydrogen-bond acceptors (Lipinski definition) is 2. The Morgan fingerprint density at radius 2 is 1.83 bits per heavy atom. The summed E-state index contributed by atoms with van der Waals surface area (Å²) in [5.41, 5.74) is 0. The van der Waals surface area contributed by atoms with Gasteiger partial charge in [0.2, 0.25) is 0 Å². The maximum absolute atomic E-state index is 4.55. The molecule has 0 N–H and O–H groups in total. The summed E-state index contributed by atoms with van der Waals surface area (Å²) < 4.78 is 0. The van der Waals surface area contributed by atoms with Crippen LogP contribution in [0.25, 0.3) is 0 Å². The first-order valence-electron chi connectivity index (χ1n) is 4.75. The standard InChI is InChI=1S/C9H16N2.Zn/c1-2-5-9-10-6-4-8-11(9)7-3-1;/h1-8H2;. The van der Waals surface area contributed by atoms with Crippen LogP contribution in [0, 0.1) is 0 Å². The zero-order chi connectivity index (χ0) is 7.52. The number of nitrogens with zero attached hydrogens (tertiary/aromatic N) is 2. The molecular weight excluding hydrogens is 202 g/mol. The van der Waals surface area contributed by atoms with E-state index in [0.29, 0.717) is 0 Å². The second-order valence-electron chi connectivity index (χ2n) is 3.45. The van der Waals surface area contributed by atoms with Crippen LogP contribution in [0.5, 0.6) is 0 Å².